The fourth-order valence-corrected chi connectivity index (χ4v) is 2.50. The second kappa shape index (κ2) is 5.78. The van der Waals surface area contributed by atoms with Gasteiger partial charge in [0.1, 0.15) is 5.56 Å². The summed E-state index contributed by atoms with van der Waals surface area (Å²) in [5.74, 6) is -2.03. The molecule has 8 nitrogen and oxygen atoms in total. The molecular weight excluding hydrogens is 278 g/mol. The number of carboxylic acid groups (broad SMARTS) is 1. The number of nitrogens with two attached hydrogens (primary N) is 1. The first-order chi connectivity index (χ1) is 9.90. The molecule has 1 aromatic carbocycles. The van der Waals surface area contributed by atoms with E-state index in [2.05, 4.69) is 0 Å². The number of piperidine rings is 1. The van der Waals surface area contributed by atoms with Gasteiger partial charge in [0, 0.05) is 24.8 Å². The number of carbonyl (C=O) groups is 2. The Labute approximate surface area is 120 Å². The van der Waals surface area contributed by atoms with E-state index in [1.807, 2.05) is 4.90 Å². The second-order valence-corrected chi connectivity index (χ2v) is 4.95. The molecule has 0 bridgehead atoms. The zero-order valence-corrected chi connectivity index (χ0v) is 11.2. The maximum atomic E-state index is 11.3. The molecule has 1 fully saturated rings. The van der Waals surface area contributed by atoms with Crippen molar-refractivity contribution >= 4 is 23.3 Å². The topological polar surface area (TPSA) is 127 Å². The minimum absolute atomic E-state index is 0.290. The first kappa shape index (κ1) is 14.8. The fraction of sp³-hybridized carbons (Fsp3) is 0.385. The van der Waals surface area contributed by atoms with Gasteiger partial charge in [-0.25, -0.2) is 4.79 Å². The van der Waals surface area contributed by atoms with E-state index in [1.54, 1.807) is 0 Å². The molecule has 1 amide bonds. The molecule has 21 heavy (non-hydrogen) atoms. The highest BCUT2D eigenvalue weighted by atomic mass is 16.6. The zero-order valence-electron chi connectivity index (χ0n) is 11.2. The molecule has 1 atom stereocenters. The molecule has 8 heteroatoms. The van der Waals surface area contributed by atoms with Crippen molar-refractivity contribution in [2.45, 2.75) is 12.8 Å². The van der Waals surface area contributed by atoms with E-state index in [0.717, 1.165) is 6.42 Å². The largest absolute Gasteiger partial charge is 0.477 e. The van der Waals surface area contributed by atoms with Crippen molar-refractivity contribution in [3.05, 3.63) is 33.9 Å². The van der Waals surface area contributed by atoms with Gasteiger partial charge in [-0.1, -0.05) is 0 Å². The smallest absolute Gasteiger partial charge is 0.342 e. The second-order valence-electron chi connectivity index (χ2n) is 4.95. The normalized spacial score (nSPS) is 18.3. The highest BCUT2D eigenvalue weighted by molar-refractivity contribution is 5.93. The fourth-order valence-electron chi connectivity index (χ4n) is 2.50. The molecule has 112 valence electrons. The van der Waals surface area contributed by atoms with E-state index in [1.165, 1.54) is 18.2 Å². The number of hydrogen-bond donors (Lipinski definition) is 2. The Morgan fingerprint density at radius 1 is 1.43 bits per heavy atom. The first-order valence-electron chi connectivity index (χ1n) is 6.46. The Morgan fingerprint density at radius 3 is 2.71 bits per heavy atom. The summed E-state index contributed by atoms with van der Waals surface area (Å²) in [6, 6.07) is 3.93. The van der Waals surface area contributed by atoms with Crippen LogP contribution in [-0.4, -0.2) is 35.0 Å². The van der Waals surface area contributed by atoms with Crippen molar-refractivity contribution in [3.8, 4) is 0 Å². The van der Waals surface area contributed by atoms with Crippen molar-refractivity contribution in [1.29, 1.82) is 0 Å². The molecule has 1 unspecified atom stereocenters. The summed E-state index contributed by atoms with van der Waals surface area (Å²) in [7, 11) is 0. The maximum absolute atomic E-state index is 11.3. The van der Waals surface area contributed by atoms with Crippen LogP contribution in [0.2, 0.25) is 0 Å². The van der Waals surface area contributed by atoms with Crippen molar-refractivity contribution in [2.24, 2.45) is 11.7 Å². The van der Waals surface area contributed by atoms with Crippen LogP contribution in [0.15, 0.2) is 18.2 Å². The summed E-state index contributed by atoms with van der Waals surface area (Å²) in [4.78, 5) is 34.3. The number of aromatic carboxylic acids is 1. The quantitative estimate of drug-likeness (QED) is 0.629. The highest BCUT2D eigenvalue weighted by Gasteiger charge is 2.26. The lowest BCUT2D eigenvalue weighted by molar-refractivity contribution is -0.385. The molecule has 0 radical (unpaired) electrons. The van der Waals surface area contributed by atoms with Gasteiger partial charge in [-0.2, -0.15) is 0 Å². The molecule has 1 aliphatic heterocycles. The summed E-state index contributed by atoms with van der Waals surface area (Å²) in [6.45, 7) is 1.05. The van der Waals surface area contributed by atoms with Gasteiger partial charge < -0.3 is 15.7 Å². The third-order valence-electron chi connectivity index (χ3n) is 3.60. The Hall–Kier alpha value is -2.64. The summed E-state index contributed by atoms with van der Waals surface area (Å²) < 4.78 is 0. The maximum Gasteiger partial charge on any atom is 0.342 e. The number of anilines is 1. The lowest BCUT2D eigenvalue weighted by Gasteiger charge is -2.33. The molecule has 1 saturated heterocycles. The van der Waals surface area contributed by atoms with Crippen LogP contribution in [0.1, 0.15) is 23.2 Å². The highest BCUT2D eigenvalue weighted by Crippen LogP contribution is 2.28. The van der Waals surface area contributed by atoms with Crippen molar-refractivity contribution in [3.63, 3.8) is 0 Å². The average Bonchev–Trinajstić information content (AvgIpc) is 2.46. The molecule has 1 aliphatic rings. The van der Waals surface area contributed by atoms with Crippen LogP contribution in [0.3, 0.4) is 0 Å². The van der Waals surface area contributed by atoms with Gasteiger partial charge in [0.25, 0.3) is 5.69 Å². The van der Waals surface area contributed by atoms with Gasteiger partial charge in [-0.15, -0.1) is 0 Å². The van der Waals surface area contributed by atoms with Gasteiger partial charge in [0.2, 0.25) is 5.91 Å². The number of nitro groups is 1. The zero-order chi connectivity index (χ0) is 15.6. The van der Waals surface area contributed by atoms with Crippen LogP contribution in [0, 0.1) is 16.0 Å². The molecular formula is C13H15N3O5. The molecule has 2 rings (SSSR count). The molecule has 3 N–H and O–H groups in total. The standard InChI is InChI=1S/C13H15N3O5/c14-12(17)8-2-1-5-15(7-8)9-3-4-11(16(20)21)10(6-9)13(18)19/h3-4,6,8H,1-2,5,7H2,(H2,14,17)(H,18,19). The molecule has 1 aromatic rings. The van der Waals surface area contributed by atoms with E-state index >= 15 is 0 Å². The van der Waals surface area contributed by atoms with Crippen LogP contribution in [-0.2, 0) is 4.79 Å². The predicted molar refractivity (Wildman–Crippen MR) is 74.2 cm³/mol. The number of carboxylic acids is 1. The Bertz CT molecular complexity index is 601. The Kier molecular flexibility index (Phi) is 4.06. The number of benzene rings is 1. The third-order valence-corrected chi connectivity index (χ3v) is 3.60. The van der Waals surface area contributed by atoms with Gasteiger partial charge in [-0.3, -0.25) is 14.9 Å². The third kappa shape index (κ3) is 3.10. The monoisotopic (exact) mass is 293 g/mol. The van der Waals surface area contributed by atoms with Gasteiger partial charge in [-0.05, 0) is 25.0 Å². The summed E-state index contributed by atoms with van der Waals surface area (Å²) in [5.41, 5.74) is 5.03. The van der Waals surface area contributed by atoms with E-state index in [9.17, 15) is 19.7 Å². The number of primary amides is 1. The molecule has 0 saturated carbocycles. The van der Waals surface area contributed by atoms with Gasteiger partial charge >= 0.3 is 5.97 Å². The van der Waals surface area contributed by atoms with Crippen LogP contribution in [0.5, 0.6) is 0 Å². The molecule has 0 spiro atoms. The van der Waals surface area contributed by atoms with Gasteiger partial charge in [0.15, 0.2) is 0 Å². The van der Waals surface area contributed by atoms with Crippen molar-refractivity contribution in [2.75, 3.05) is 18.0 Å². The van der Waals surface area contributed by atoms with Crippen LogP contribution in [0.25, 0.3) is 0 Å². The lowest BCUT2D eigenvalue weighted by atomic mass is 9.96. The number of hydrogen-bond acceptors (Lipinski definition) is 5. The molecule has 1 heterocycles. The Balaban J connectivity index is 2.32. The number of carbonyl (C=O) groups excluding carboxylic acids is 1. The number of nitrogens with zero attached hydrogens (tertiary/aromatic N) is 2. The van der Waals surface area contributed by atoms with Crippen molar-refractivity contribution < 1.29 is 19.6 Å². The van der Waals surface area contributed by atoms with E-state index in [-0.39, 0.29) is 17.4 Å². The number of nitro benzene ring substituents is 1. The molecule has 0 aromatic heterocycles. The predicted octanol–water partition coefficient (Wildman–Crippen LogP) is 0.995. The number of rotatable bonds is 4. The Morgan fingerprint density at radius 2 is 2.14 bits per heavy atom. The average molecular weight is 293 g/mol. The van der Waals surface area contributed by atoms with Crippen LogP contribution in [0.4, 0.5) is 11.4 Å². The van der Waals surface area contributed by atoms with Crippen molar-refractivity contribution in [1.82, 2.24) is 0 Å². The van der Waals surface area contributed by atoms with Crippen LogP contribution >= 0.6 is 0 Å². The SMILES string of the molecule is NC(=O)C1CCCN(c2ccc([N+](=O)[O-])c(C(=O)O)c2)C1. The van der Waals surface area contributed by atoms with E-state index in [4.69, 9.17) is 10.8 Å². The summed E-state index contributed by atoms with van der Waals surface area (Å²) in [6.07, 6.45) is 1.46. The van der Waals surface area contributed by atoms with E-state index in [0.29, 0.717) is 25.2 Å². The first-order valence-corrected chi connectivity index (χ1v) is 6.46. The minimum atomic E-state index is -1.35. The van der Waals surface area contributed by atoms with Crippen LogP contribution < -0.4 is 10.6 Å². The van der Waals surface area contributed by atoms with E-state index < -0.39 is 16.6 Å². The summed E-state index contributed by atoms with van der Waals surface area (Å²) in [5, 5.41) is 19.9. The van der Waals surface area contributed by atoms with Gasteiger partial charge in [0.05, 0.1) is 10.8 Å². The number of amides is 1. The minimum Gasteiger partial charge on any atom is -0.477 e. The summed E-state index contributed by atoms with van der Waals surface area (Å²) >= 11 is 0. The lowest BCUT2D eigenvalue weighted by Crippen LogP contribution is -2.41. The molecule has 0 aliphatic carbocycles.